The second-order valence-electron chi connectivity index (χ2n) is 7.54. The summed E-state index contributed by atoms with van der Waals surface area (Å²) in [7, 11) is 0. The van der Waals surface area contributed by atoms with Crippen LogP contribution in [0.4, 0.5) is 0 Å². The molecule has 2 saturated heterocycles. The van der Waals surface area contributed by atoms with E-state index < -0.39 is 0 Å². The number of hydrogen-bond donors (Lipinski definition) is 0. The number of amides is 1. The fraction of sp³-hybridized carbons (Fsp3) is 0.636. The normalized spacial score (nSPS) is 20.9. The van der Waals surface area contributed by atoms with Crippen molar-refractivity contribution >= 4 is 11.9 Å². The number of benzene rings is 1. The van der Waals surface area contributed by atoms with Crippen molar-refractivity contribution in [2.45, 2.75) is 45.6 Å². The Hall–Kier alpha value is -2.08. The van der Waals surface area contributed by atoms with E-state index in [0.29, 0.717) is 45.7 Å². The molecule has 2 aliphatic heterocycles. The number of carbonyl (C=O) groups excluding carboxylic acids is 2. The zero-order chi connectivity index (χ0) is 19.9. The number of carbonyl (C=O) groups is 2. The molecule has 0 radical (unpaired) electrons. The Morgan fingerprint density at radius 1 is 1.00 bits per heavy atom. The molecule has 2 aliphatic rings. The highest BCUT2D eigenvalue weighted by atomic mass is 16.5. The van der Waals surface area contributed by atoms with Crippen molar-refractivity contribution in [2.24, 2.45) is 5.92 Å². The van der Waals surface area contributed by atoms with Gasteiger partial charge in [-0.3, -0.25) is 14.5 Å². The van der Waals surface area contributed by atoms with Gasteiger partial charge in [0.15, 0.2) is 0 Å². The second-order valence-corrected chi connectivity index (χ2v) is 7.54. The van der Waals surface area contributed by atoms with Crippen molar-refractivity contribution < 1.29 is 19.1 Å². The molecule has 2 fully saturated rings. The van der Waals surface area contributed by atoms with Crippen LogP contribution in [0.1, 0.15) is 51.1 Å². The molecule has 1 aromatic carbocycles. The maximum atomic E-state index is 12.8. The lowest BCUT2D eigenvalue weighted by molar-refractivity contribution is -0.151. The monoisotopic (exact) mass is 388 g/mol. The van der Waals surface area contributed by atoms with Gasteiger partial charge in [0.1, 0.15) is 5.75 Å². The minimum Gasteiger partial charge on any atom is -0.494 e. The minimum absolute atomic E-state index is 0.0626. The molecule has 0 bridgehead atoms. The average Bonchev–Trinajstić information content (AvgIpc) is 3.17. The lowest BCUT2D eigenvalue weighted by atomic mass is 9.97. The SMILES string of the molecule is CCOC(=O)C1CCN(C(=O)CN2CCC[C@@H]2c2ccc(OCC)cc2)CC1. The molecule has 6 nitrogen and oxygen atoms in total. The van der Waals surface area contributed by atoms with Gasteiger partial charge >= 0.3 is 5.97 Å². The van der Waals surface area contributed by atoms with Crippen LogP contribution in [0.15, 0.2) is 24.3 Å². The molecule has 1 aromatic rings. The van der Waals surface area contributed by atoms with Gasteiger partial charge < -0.3 is 14.4 Å². The largest absolute Gasteiger partial charge is 0.494 e. The van der Waals surface area contributed by atoms with Crippen LogP contribution in [-0.4, -0.2) is 61.1 Å². The zero-order valence-electron chi connectivity index (χ0n) is 17.1. The van der Waals surface area contributed by atoms with Crippen molar-refractivity contribution in [1.82, 2.24) is 9.80 Å². The second kappa shape index (κ2) is 9.92. The molecule has 0 aromatic heterocycles. The van der Waals surface area contributed by atoms with Gasteiger partial charge in [-0.1, -0.05) is 12.1 Å². The number of ether oxygens (including phenoxy) is 2. The maximum absolute atomic E-state index is 12.8. The van der Waals surface area contributed by atoms with Crippen LogP contribution >= 0.6 is 0 Å². The third-order valence-electron chi connectivity index (χ3n) is 5.75. The van der Waals surface area contributed by atoms with Crippen molar-refractivity contribution in [1.29, 1.82) is 0 Å². The fourth-order valence-electron chi connectivity index (χ4n) is 4.24. The van der Waals surface area contributed by atoms with Crippen LogP contribution in [-0.2, 0) is 14.3 Å². The van der Waals surface area contributed by atoms with Gasteiger partial charge in [-0.25, -0.2) is 0 Å². The highest BCUT2D eigenvalue weighted by molar-refractivity contribution is 5.79. The molecule has 0 aliphatic carbocycles. The molecule has 0 N–H and O–H groups in total. The zero-order valence-corrected chi connectivity index (χ0v) is 17.1. The van der Waals surface area contributed by atoms with Crippen LogP contribution in [0.5, 0.6) is 5.75 Å². The Bertz CT molecular complexity index is 653. The van der Waals surface area contributed by atoms with Crippen molar-refractivity contribution in [3.8, 4) is 5.75 Å². The lowest BCUT2D eigenvalue weighted by Gasteiger charge is -2.33. The molecule has 3 rings (SSSR count). The lowest BCUT2D eigenvalue weighted by Crippen LogP contribution is -2.45. The molecule has 0 spiro atoms. The fourth-order valence-corrected chi connectivity index (χ4v) is 4.24. The summed E-state index contributed by atoms with van der Waals surface area (Å²) in [5.74, 6) is 0.869. The van der Waals surface area contributed by atoms with Crippen LogP contribution in [0, 0.1) is 5.92 Å². The van der Waals surface area contributed by atoms with E-state index in [1.165, 1.54) is 5.56 Å². The maximum Gasteiger partial charge on any atom is 0.309 e. The molecule has 154 valence electrons. The number of nitrogens with zero attached hydrogens (tertiary/aromatic N) is 2. The summed E-state index contributed by atoms with van der Waals surface area (Å²) >= 11 is 0. The van der Waals surface area contributed by atoms with Gasteiger partial charge in [0.2, 0.25) is 5.91 Å². The average molecular weight is 389 g/mol. The Morgan fingerprint density at radius 3 is 2.36 bits per heavy atom. The predicted molar refractivity (Wildman–Crippen MR) is 107 cm³/mol. The highest BCUT2D eigenvalue weighted by Crippen LogP contribution is 2.32. The summed E-state index contributed by atoms with van der Waals surface area (Å²) < 4.78 is 10.6. The van der Waals surface area contributed by atoms with E-state index in [4.69, 9.17) is 9.47 Å². The van der Waals surface area contributed by atoms with E-state index in [0.717, 1.165) is 25.1 Å². The Kier molecular flexibility index (Phi) is 7.31. The number of rotatable bonds is 7. The molecule has 6 heteroatoms. The van der Waals surface area contributed by atoms with E-state index >= 15 is 0 Å². The van der Waals surface area contributed by atoms with Gasteiger partial charge in [0.25, 0.3) is 0 Å². The van der Waals surface area contributed by atoms with E-state index in [2.05, 4.69) is 17.0 Å². The van der Waals surface area contributed by atoms with Crippen molar-refractivity contribution in [3.63, 3.8) is 0 Å². The van der Waals surface area contributed by atoms with Crippen LogP contribution < -0.4 is 4.74 Å². The summed E-state index contributed by atoms with van der Waals surface area (Å²) in [4.78, 5) is 28.9. The third kappa shape index (κ3) is 5.04. The smallest absolute Gasteiger partial charge is 0.309 e. The summed E-state index contributed by atoms with van der Waals surface area (Å²) in [5, 5.41) is 0. The molecular formula is C22H32N2O4. The minimum atomic E-state index is -0.121. The topological polar surface area (TPSA) is 59.1 Å². The standard InChI is InChI=1S/C22H32N2O4/c1-3-27-19-9-7-17(8-10-19)20-6-5-13-24(20)16-21(25)23-14-11-18(12-15-23)22(26)28-4-2/h7-10,18,20H,3-6,11-16H2,1-2H3/t20-/m1/s1. The summed E-state index contributed by atoms with van der Waals surface area (Å²) in [5.41, 5.74) is 1.25. The first-order valence-electron chi connectivity index (χ1n) is 10.5. The molecule has 0 saturated carbocycles. The predicted octanol–water partition coefficient (Wildman–Crippen LogP) is 3.02. The number of hydrogen-bond acceptors (Lipinski definition) is 5. The number of piperidine rings is 1. The Balaban J connectivity index is 1.53. The summed E-state index contributed by atoms with van der Waals surface area (Å²) in [6.07, 6.45) is 3.59. The van der Waals surface area contributed by atoms with Crippen LogP contribution in [0.3, 0.4) is 0 Å². The van der Waals surface area contributed by atoms with Gasteiger partial charge in [-0.2, -0.15) is 0 Å². The third-order valence-corrected chi connectivity index (χ3v) is 5.75. The van der Waals surface area contributed by atoms with E-state index in [1.54, 1.807) is 0 Å². The van der Waals surface area contributed by atoms with Gasteiger partial charge in [-0.05, 0) is 63.8 Å². The Labute approximate surface area is 167 Å². The van der Waals surface area contributed by atoms with Crippen molar-refractivity contribution in [2.75, 3.05) is 39.4 Å². The molecule has 1 atom stereocenters. The van der Waals surface area contributed by atoms with Gasteiger partial charge in [0.05, 0.1) is 25.7 Å². The first-order valence-corrected chi connectivity index (χ1v) is 10.5. The Morgan fingerprint density at radius 2 is 1.71 bits per heavy atom. The first kappa shape index (κ1) is 20.6. The van der Waals surface area contributed by atoms with E-state index in [1.807, 2.05) is 30.9 Å². The quantitative estimate of drug-likeness (QED) is 0.672. The summed E-state index contributed by atoms with van der Waals surface area (Å²) in [6, 6.07) is 8.54. The molecule has 1 amide bonds. The van der Waals surface area contributed by atoms with Crippen LogP contribution in [0.2, 0.25) is 0 Å². The summed E-state index contributed by atoms with van der Waals surface area (Å²) in [6.45, 7) is 7.57. The number of likely N-dealkylation sites (tertiary alicyclic amines) is 2. The van der Waals surface area contributed by atoms with Crippen molar-refractivity contribution in [3.05, 3.63) is 29.8 Å². The molecule has 2 heterocycles. The van der Waals surface area contributed by atoms with E-state index in [9.17, 15) is 9.59 Å². The van der Waals surface area contributed by atoms with Gasteiger partial charge in [0, 0.05) is 19.1 Å². The van der Waals surface area contributed by atoms with E-state index in [-0.39, 0.29) is 23.8 Å². The number of esters is 1. The molecular weight excluding hydrogens is 356 g/mol. The first-order chi connectivity index (χ1) is 13.6. The molecule has 28 heavy (non-hydrogen) atoms. The molecule has 0 unspecified atom stereocenters. The highest BCUT2D eigenvalue weighted by Gasteiger charge is 2.32. The van der Waals surface area contributed by atoms with Gasteiger partial charge in [-0.15, -0.1) is 0 Å². The van der Waals surface area contributed by atoms with Crippen LogP contribution in [0.25, 0.3) is 0 Å².